The largest absolute Gasteiger partial charge is 0.359 e. The van der Waals surface area contributed by atoms with Crippen LogP contribution in [0.5, 0.6) is 0 Å². The summed E-state index contributed by atoms with van der Waals surface area (Å²) in [5.74, 6) is -1.11. The fourth-order valence-electron chi connectivity index (χ4n) is 2.62. The second-order valence-electron chi connectivity index (χ2n) is 5.58. The summed E-state index contributed by atoms with van der Waals surface area (Å²) < 4.78 is 40.7. The average Bonchev–Trinajstić information content (AvgIpc) is 2.80. The van der Waals surface area contributed by atoms with E-state index >= 15 is 0 Å². The van der Waals surface area contributed by atoms with Gasteiger partial charge in [-0.1, -0.05) is 0 Å². The Balaban J connectivity index is 2.23. The zero-order valence-corrected chi connectivity index (χ0v) is 13.6. The Morgan fingerprint density at radius 2 is 2.05 bits per heavy atom. The van der Waals surface area contributed by atoms with Crippen molar-refractivity contribution >= 4 is 15.9 Å². The van der Waals surface area contributed by atoms with E-state index in [9.17, 15) is 17.6 Å². The average molecular weight is 329 g/mol. The van der Waals surface area contributed by atoms with Crippen LogP contribution in [0.2, 0.25) is 0 Å². The van der Waals surface area contributed by atoms with Crippen LogP contribution in [0.15, 0.2) is 23.1 Å². The number of halogens is 1. The number of benzene rings is 1. The highest BCUT2D eigenvalue weighted by Gasteiger charge is 2.38. The zero-order chi connectivity index (χ0) is 16.5. The predicted octanol–water partition coefficient (Wildman–Crippen LogP) is 0.0886. The smallest absolute Gasteiger partial charge is 0.240 e. The number of likely N-dealkylation sites (N-methyl/N-ethyl adjacent to an activating group) is 1. The van der Waals surface area contributed by atoms with Crippen LogP contribution in [0.4, 0.5) is 4.39 Å². The van der Waals surface area contributed by atoms with Gasteiger partial charge in [-0.2, -0.15) is 0 Å². The Kier molecular flexibility index (Phi) is 4.84. The maximum atomic E-state index is 13.3. The lowest BCUT2D eigenvalue weighted by molar-refractivity contribution is -0.124. The molecule has 0 aliphatic carbocycles. The van der Waals surface area contributed by atoms with E-state index in [4.69, 9.17) is 0 Å². The molecule has 2 N–H and O–H groups in total. The van der Waals surface area contributed by atoms with Gasteiger partial charge in [0.15, 0.2) is 0 Å². The van der Waals surface area contributed by atoms with Gasteiger partial charge in [-0.15, -0.1) is 0 Å². The van der Waals surface area contributed by atoms with Crippen LogP contribution in [0.25, 0.3) is 0 Å². The van der Waals surface area contributed by atoms with Crippen LogP contribution in [0.3, 0.4) is 0 Å². The number of rotatable bonds is 4. The summed E-state index contributed by atoms with van der Waals surface area (Å²) in [5.41, 5.74) is 0.259. The number of carbonyl (C=O) groups is 1. The molecule has 1 fully saturated rings. The van der Waals surface area contributed by atoms with Crippen LogP contribution in [0.1, 0.15) is 5.56 Å². The third-order valence-electron chi connectivity index (χ3n) is 3.83. The van der Waals surface area contributed by atoms with Crippen molar-refractivity contribution in [3.8, 4) is 0 Å². The summed E-state index contributed by atoms with van der Waals surface area (Å²) in [6.07, 6.45) is 0. The minimum absolute atomic E-state index is 0.00314. The van der Waals surface area contributed by atoms with E-state index in [1.165, 1.54) is 26.1 Å². The maximum absolute atomic E-state index is 13.3. The molecule has 1 aromatic carbocycles. The first kappa shape index (κ1) is 16.9. The topological polar surface area (TPSA) is 78.5 Å². The first-order valence-electron chi connectivity index (χ1n) is 6.93. The van der Waals surface area contributed by atoms with Gasteiger partial charge in [0, 0.05) is 26.2 Å². The molecule has 122 valence electrons. The molecule has 8 heteroatoms. The number of carbonyl (C=O) groups excluding carboxylic acids is 1. The Morgan fingerprint density at radius 1 is 1.36 bits per heavy atom. The summed E-state index contributed by atoms with van der Waals surface area (Å²) in [4.78, 5) is 13.8. The number of aryl methyl sites for hydroxylation is 1. The van der Waals surface area contributed by atoms with Crippen LogP contribution >= 0.6 is 0 Å². The van der Waals surface area contributed by atoms with Crippen molar-refractivity contribution in [1.82, 2.24) is 14.9 Å². The molecular weight excluding hydrogens is 309 g/mol. The molecule has 0 unspecified atom stereocenters. The monoisotopic (exact) mass is 329 g/mol. The molecule has 0 spiro atoms. The molecule has 1 aromatic rings. The molecule has 6 nitrogen and oxygen atoms in total. The van der Waals surface area contributed by atoms with Crippen LogP contribution in [-0.4, -0.2) is 52.5 Å². The summed E-state index contributed by atoms with van der Waals surface area (Å²) >= 11 is 0. The van der Waals surface area contributed by atoms with Gasteiger partial charge >= 0.3 is 0 Å². The number of nitrogens with one attached hydrogen (secondary N) is 2. The van der Waals surface area contributed by atoms with Crippen LogP contribution < -0.4 is 10.0 Å². The molecule has 2 atom stereocenters. The Labute approximate surface area is 129 Å². The molecule has 1 aliphatic rings. The Bertz CT molecular complexity index is 678. The van der Waals surface area contributed by atoms with Gasteiger partial charge in [0.2, 0.25) is 15.9 Å². The Morgan fingerprint density at radius 3 is 2.64 bits per heavy atom. The second-order valence-corrected chi connectivity index (χ2v) is 7.29. The van der Waals surface area contributed by atoms with Crippen molar-refractivity contribution < 1.29 is 17.6 Å². The van der Waals surface area contributed by atoms with Crippen molar-refractivity contribution in [2.24, 2.45) is 5.92 Å². The number of nitrogens with zero attached hydrogens (tertiary/aromatic N) is 1. The van der Waals surface area contributed by atoms with Crippen molar-refractivity contribution in [2.45, 2.75) is 17.9 Å². The predicted molar refractivity (Wildman–Crippen MR) is 80.3 cm³/mol. The quantitative estimate of drug-likeness (QED) is 0.821. The molecule has 1 saturated heterocycles. The molecule has 0 saturated carbocycles. The third kappa shape index (κ3) is 3.45. The summed E-state index contributed by atoms with van der Waals surface area (Å²) in [7, 11) is -0.455. The highest BCUT2D eigenvalue weighted by Crippen LogP contribution is 2.20. The van der Waals surface area contributed by atoms with E-state index in [-0.39, 0.29) is 16.4 Å². The van der Waals surface area contributed by atoms with E-state index in [2.05, 4.69) is 10.0 Å². The van der Waals surface area contributed by atoms with Gasteiger partial charge in [-0.05, 0) is 37.7 Å². The van der Waals surface area contributed by atoms with E-state index in [0.717, 1.165) is 6.07 Å². The number of hydrogen-bond acceptors (Lipinski definition) is 4. The molecule has 1 aliphatic heterocycles. The van der Waals surface area contributed by atoms with Gasteiger partial charge in [-0.25, -0.2) is 17.5 Å². The van der Waals surface area contributed by atoms with Crippen molar-refractivity contribution in [3.05, 3.63) is 29.6 Å². The van der Waals surface area contributed by atoms with Crippen molar-refractivity contribution in [2.75, 3.05) is 27.2 Å². The normalized spacial score (nSPS) is 22.7. The molecular formula is C14H20FN3O3S. The van der Waals surface area contributed by atoms with Crippen LogP contribution in [-0.2, 0) is 14.8 Å². The number of amides is 1. The molecule has 1 heterocycles. The highest BCUT2D eigenvalue weighted by atomic mass is 32.2. The van der Waals surface area contributed by atoms with Gasteiger partial charge < -0.3 is 10.2 Å². The lowest BCUT2D eigenvalue weighted by Gasteiger charge is -2.18. The zero-order valence-electron chi connectivity index (χ0n) is 12.8. The Hall–Kier alpha value is -1.51. The van der Waals surface area contributed by atoms with Crippen LogP contribution in [0, 0.1) is 18.7 Å². The molecule has 0 aromatic heterocycles. The van der Waals surface area contributed by atoms with Crippen molar-refractivity contribution in [3.63, 3.8) is 0 Å². The first-order valence-corrected chi connectivity index (χ1v) is 8.41. The van der Waals surface area contributed by atoms with Gasteiger partial charge in [-0.3, -0.25) is 4.79 Å². The summed E-state index contributed by atoms with van der Waals surface area (Å²) in [6.45, 7) is 2.43. The summed E-state index contributed by atoms with van der Waals surface area (Å²) in [6, 6.07) is 3.12. The number of likely N-dealkylation sites (tertiary alicyclic amines) is 1. The standard InChI is InChI=1S/C14H20FN3O3S/c1-9-6-10(4-5-12(9)15)22(20,21)17-13-8-18(3)7-11(13)14(19)16-2/h4-6,11,13,17H,7-8H2,1-3H3,(H,16,19)/t11-,13-/m0/s1. The SMILES string of the molecule is CNC(=O)[C@H]1CN(C)C[C@@H]1NS(=O)(=O)c1ccc(F)c(C)c1. The molecule has 0 bridgehead atoms. The van der Waals surface area contributed by atoms with E-state index in [0.29, 0.717) is 13.1 Å². The summed E-state index contributed by atoms with van der Waals surface area (Å²) in [5, 5.41) is 2.55. The minimum atomic E-state index is -3.80. The first-order chi connectivity index (χ1) is 10.2. The second kappa shape index (κ2) is 6.31. The minimum Gasteiger partial charge on any atom is -0.359 e. The van der Waals surface area contributed by atoms with E-state index < -0.39 is 27.8 Å². The fourth-order valence-corrected chi connectivity index (χ4v) is 3.98. The maximum Gasteiger partial charge on any atom is 0.240 e. The highest BCUT2D eigenvalue weighted by molar-refractivity contribution is 7.89. The van der Waals surface area contributed by atoms with Gasteiger partial charge in [0.1, 0.15) is 5.82 Å². The number of hydrogen-bond donors (Lipinski definition) is 2. The number of sulfonamides is 1. The molecule has 0 radical (unpaired) electrons. The van der Waals surface area contributed by atoms with Crippen molar-refractivity contribution in [1.29, 1.82) is 0 Å². The van der Waals surface area contributed by atoms with E-state index in [1.807, 2.05) is 11.9 Å². The lowest BCUT2D eigenvalue weighted by atomic mass is 10.0. The molecule has 2 rings (SSSR count). The van der Waals surface area contributed by atoms with E-state index in [1.54, 1.807) is 0 Å². The third-order valence-corrected chi connectivity index (χ3v) is 5.32. The lowest BCUT2D eigenvalue weighted by Crippen LogP contribution is -2.45. The molecule has 22 heavy (non-hydrogen) atoms. The van der Waals surface area contributed by atoms with Gasteiger partial charge in [0.05, 0.1) is 10.8 Å². The van der Waals surface area contributed by atoms with Gasteiger partial charge in [0.25, 0.3) is 0 Å². The fraction of sp³-hybridized carbons (Fsp3) is 0.500. The molecule has 1 amide bonds.